The Morgan fingerprint density at radius 3 is 2.87 bits per heavy atom. The van der Waals surface area contributed by atoms with Gasteiger partial charge in [-0.15, -0.1) is 0 Å². The Morgan fingerprint density at radius 2 is 2.09 bits per heavy atom. The lowest BCUT2D eigenvalue weighted by atomic mass is 9.94. The molecule has 1 atom stereocenters. The summed E-state index contributed by atoms with van der Waals surface area (Å²) in [6.45, 7) is 0.287. The van der Waals surface area contributed by atoms with Crippen LogP contribution >= 0.6 is 0 Å². The molecule has 0 unspecified atom stereocenters. The summed E-state index contributed by atoms with van der Waals surface area (Å²) in [5.74, 6) is -0.927. The molecule has 1 aromatic rings. The zero-order valence-electron chi connectivity index (χ0n) is 12.6. The lowest BCUT2D eigenvalue weighted by Crippen LogP contribution is -2.46. The topological polar surface area (TPSA) is 95.9 Å². The molecular weight excluding hydrogens is 300 g/mol. The number of aliphatic carboxylic acids is 1. The van der Waals surface area contributed by atoms with E-state index in [1.807, 2.05) is 0 Å². The number of benzene rings is 1. The summed E-state index contributed by atoms with van der Waals surface area (Å²) in [5.41, 5.74) is -0.215. The number of carboxylic acid groups (broad SMARTS) is 1. The number of nitrogens with one attached hydrogen (secondary N) is 1. The van der Waals surface area contributed by atoms with Gasteiger partial charge in [-0.1, -0.05) is 12.1 Å². The van der Waals surface area contributed by atoms with Crippen LogP contribution in [-0.4, -0.2) is 53.0 Å². The van der Waals surface area contributed by atoms with Gasteiger partial charge in [0.25, 0.3) is 5.91 Å². The van der Waals surface area contributed by atoms with Crippen molar-refractivity contribution in [2.45, 2.75) is 24.9 Å². The Balaban J connectivity index is 1.84. The highest BCUT2D eigenvalue weighted by atomic mass is 16.5. The fraction of sp³-hybridized carbons (Fsp3) is 0.438. The van der Waals surface area contributed by atoms with E-state index in [2.05, 4.69) is 5.32 Å². The molecule has 0 saturated carbocycles. The van der Waals surface area contributed by atoms with Crippen molar-refractivity contribution in [3.63, 3.8) is 0 Å². The highest BCUT2D eigenvalue weighted by Gasteiger charge is 2.40. The van der Waals surface area contributed by atoms with E-state index in [9.17, 15) is 14.4 Å². The third-order valence-corrected chi connectivity index (χ3v) is 4.34. The smallest absolute Gasteiger partial charge is 0.323 e. The number of hydrogen-bond acceptors (Lipinski definition) is 4. The quantitative estimate of drug-likeness (QED) is 0.834. The number of rotatable bonds is 2. The Kier molecular flexibility index (Phi) is 3.94. The number of carbonyl (C=O) groups is 3. The maximum Gasteiger partial charge on any atom is 0.323 e. The van der Waals surface area contributed by atoms with Gasteiger partial charge in [-0.3, -0.25) is 14.4 Å². The van der Waals surface area contributed by atoms with E-state index in [1.54, 1.807) is 24.3 Å². The fourth-order valence-corrected chi connectivity index (χ4v) is 3.04. The molecule has 0 bridgehead atoms. The summed E-state index contributed by atoms with van der Waals surface area (Å²) < 4.78 is 6.13. The van der Waals surface area contributed by atoms with E-state index in [1.165, 1.54) is 4.90 Å². The van der Waals surface area contributed by atoms with Crippen LogP contribution in [0.4, 0.5) is 0 Å². The van der Waals surface area contributed by atoms with Crippen LogP contribution in [0.3, 0.4) is 0 Å². The number of carbonyl (C=O) groups excluding carboxylic acids is 2. The zero-order valence-corrected chi connectivity index (χ0v) is 12.6. The van der Waals surface area contributed by atoms with Crippen LogP contribution in [0.2, 0.25) is 0 Å². The van der Waals surface area contributed by atoms with Gasteiger partial charge in [0, 0.05) is 19.4 Å². The SMILES string of the molecule is O=C(O)CN1CC[C@@]2(CCC1=O)CNC(=O)c1ccccc1O2. The van der Waals surface area contributed by atoms with Gasteiger partial charge in [0.1, 0.15) is 17.9 Å². The molecule has 2 aliphatic heterocycles. The number of likely N-dealkylation sites (tertiary alicyclic amines) is 1. The molecule has 2 amide bonds. The van der Waals surface area contributed by atoms with Gasteiger partial charge < -0.3 is 20.1 Å². The van der Waals surface area contributed by atoms with Crippen LogP contribution in [0, 0.1) is 0 Å². The number of amides is 2. The van der Waals surface area contributed by atoms with Crippen molar-refractivity contribution < 1.29 is 24.2 Å². The second kappa shape index (κ2) is 5.91. The summed E-state index contributed by atoms with van der Waals surface area (Å²) in [6, 6.07) is 7.00. The van der Waals surface area contributed by atoms with Crippen LogP contribution in [-0.2, 0) is 9.59 Å². The molecule has 0 aliphatic carbocycles. The predicted molar refractivity (Wildman–Crippen MR) is 80.2 cm³/mol. The summed E-state index contributed by atoms with van der Waals surface area (Å²) in [5, 5.41) is 11.8. The highest BCUT2D eigenvalue weighted by molar-refractivity contribution is 5.97. The molecule has 3 rings (SSSR count). The molecular formula is C16H18N2O5. The van der Waals surface area contributed by atoms with Gasteiger partial charge in [0.15, 0.2) is 0 Å². The van der Waals surface area contributed by atoms with Gasteiger partial charge in [-0.25, -0.2) is 0 Å². The van der Waals surface area contributed by atoms with E-state index in [4.69, 9.17) is 9.84 Å². The maximum atomic E-state index is 12.1. The van der Waals surface area contributed by atoms with E-state index >= 15 is 0 Å². The molecule has 23 heavy (non-hydrogen) atoms. The molecule has 7 nitrogen and oxygen atoms in total. The second-order valence-electron chi connectivity index (χ2n) is 5.92. The number of nitrogens with zero attached hydrogens (tertiary/aromatic N) is 1. The summed E-state index contributed by atoms with van der Waals surface area (Å²) in [7, 11) is 0. The molecule has 2 aliphatic rings. The van der Waals surface area contributed by atoms with Crippen molar-refractivity contribution >= 4 is 17.8 Å². The minimum absolute atomic E-state index is 0.197. The minimum atomic E-state index is -1.03. The van der Waals surface area contributed by atoms with Crippen molar-refractivity contribution in [2.24, 2.45) is 0 Å². The second-order valence-corrected chi connectivity index (χ2v) is 5.92. The van der Waals surface area contributed by atoms with Gasteiger partial charge >= 0.3 is 5.97 Å². The monoisotopic (exact) mass is 318 g/mol. The normalized spacial score (nSPS) is 24.3. The Labute approximate surface area is 133 Å². The lowest BCUT2D eigenvalue weighted by Gasteiger charge is -2.32. The summed E-state index contributed by atoms with van der Waals surface area (Å²) in [4.78, 5) is 36.4. The van der Waals surface area contributed by atoms with Crippen molar-refractivity contribution in [1.29, 1.82) is 0 Å². The van der Waals surface area contributed by atoms with Crippen molar-refractivity contribution in [2.75, 3.05) is 19.6 Å². The van der Waals surface area contributed by atoms with Crippen LogP contribution in [0.15, 0.2) is 24.3 Å². The average Bonchev–Trinajstić information content (AvgIpc) is 2.76. The molecule has 2 N–H and O–H groups in total. The lowest BCUT2D eigenvalue weighted by molar-refractivity contribution is -0.144. The average molecular weight is 318 g/mol. The molecule has 0 aromatic heterocycles. The summed E-state index contributed by atoms with van der Waals surface area (Å²) in [6.07, 6.45) is 1.11. The fourth-order valence-electron chi connectivity index (χ4n) is 3.04. The molecule has 1 saturated heterocycles. The zero-order chi connectivity index (χ0) is 16.4. The van der Waals surface area contributed by atoms with Gasteiger partial charge in [0.05, 0.1) is 12.1 Å². The first-order valence-electron chi connectivity index (χ1n) is 7.55. The van der Waals surface area contributed by atoms with Crippen molar-refractivity contribution in [1.82, 2.24) is 10.2 Å². The molecule has 0 radical (unpaired) electrons. The van der Waals surface area contributed by atoms with E-state index in [0.717, 1.165) is 0 Å². The highest BCUT2D eigenvalue weighted by Crippen LogP contribution is 2.33. The molecule has 1 fully saturated rings. The molecule has 1 aromatic carbocycles. The first kappa shape index (κ1) is 15.3. The number of ether oxygens (including phenoxy) is 1. The third kappa shape index (κ3) is 3.13. The van der Waals surface area contributed by atoms with Crippen molar-refractivity contribution in [3.8, 4) is 5.75 Å². The summed E-state index contributed by atoms with van der Waals surface area (Å²) >= 11 is 0. The van der Waals surface area contributed by atoms with Crippen LogP contribution in [0.5, 0.6) is 5.75 Å². The number of carboxylic acids is 1. The number of hydrogen-bond donors (Lipinski definition) is 2. The van der Waals surface area contributed by atoms with E-state index in [0.29, 0.717) is 37.2 Å². The van der Waals surface area contributed by atoms with E-state index < -0.39 is 11.6 Å². The molecule has 7 heteroatoms. The first-order chi connectivity index (χ1) is 11.0. The van der Waals surface area contributed by atoms with Crippen LogP contribution in [0.1, 0.15) is 29.6 Å². The first-order valence-corrected chi connectivity index (χ1v) is 7.55. The number of fused-ring (bicyclic) bond motifs is 1. The van der Waals surface area contributed by atoms with Crippen LogP contribution < -0.4 is 10.1 Å². The standard InChI is InChI=1S/C16H18N2O5/c19-13-5-6-16(7-8-18(13)9-14(20)21)10-17-15(22)11-3-1-2-4-12(11)23-16/h1-4H,5-10H2,(H,17,22)(H,20,21)/t16-/m0/s1. The Morgan fingerprint density at radius 1 is 1.30 bits per heavy atom. The predicted octanol–water partition coefficient (Wildman–Crippen LogP) is 0.645. The molecule has 122 valence electrons. The molecule has 1 spiro atoms. The molecule has 2 heterocycles. The third-order valence-electron chi connectivity index (χ3n) is 4.34. The van der Waals surface area contributed by atoms with Gasteiger partial charge in [0.2, 0.25) is 5.91 Å². The van der Waals surface area contributed by atoms with Gasteiger partial charge in [-0.05, 0) is 18.6 Å². The minimum Gasteiger partial charge on any atom is -0.485 e. The van der Waals surface area contributed by atoms with Crippen LogP contribution in [0.25, 0.3) is 0 Å². The van der Waals surface area contributed by atoms with E-state index in [-0.39, 0.29) is 24.8 Å². The maximum absolute atomic E-state index is 12.1. The van der Waals surface area contributed by atoms with Crippen molar-refractivity contribution in [3.05, 3.63) is 29.8 Å². The van der Waals surface area contributed by atoms with Gasteiger partial charge in [-0.2, -0.15) is 0 Å². The Hall–Kier alpha value is -2.57. The number of para-hydroxylation sites is 1. The Bertz CT molecular complexity index is 660. The largest absolute Gasteiger partial charge is 0.485 e.